The first kappa shape index (κ1) is 20.8. The highest BCUT2D eigenvalue weighted by Crippen LogP contribution is 2.21. The molecule has 0 saturated carbocycles. The fraction of sp³-hybridized carbons (Fsp3) is 0.300. The van der Waals surface area contributed by atoms with E-state index in [0.717, 1.165) is 12.1 Å². The molecule has 29 heavy (non-hydrogen) atoms. The van der Waals surface area contributed by atoms with Crippen molar-refractivity contribution in [2.24, 2.45) is 0 Å². The molecule has 1 aliphatic rings. The van der Waals surface area contributed by atoms with Gasteiger partial charge in [-0.25, -0.2) is 13.1 Å². The monoisotopic (exact) mass is 417 g/mol. The van der Waals surface area contributed by atoms with E-state index in [1.165, 1.54) is 19.2 Å². The molecular formula is C20H23N3O5S. The Labute approximate surface area is 169 Å². The maximum Gasteiger partial charge on any atom is 0.251 e. The topological polar surface area (TPSA) is 105 Å². The predicted octanol–water partition coefficient (Wildman–Crippen LogP) is 1.53. The van der Waals surface area contributed by atoms with Gasteiger partial charge in [-0.05, 0) is 55.0 Å². The van der Waals surface area contributed by atoms with Gasteiger partial charge in [-0.2, -0.15) is 0 Å². The first-order chi connectivity index (χ1) is 13.9. The predicted molar refractivity (Wildman–Crippen MR) is 109 cm³/mol. The molecule has 1 heterocycles. The molecule has 0 aromatic heterocycles. The smallest absolute Gasteiger partial charge is 0.251 e. The Hall–Kier alpha value is -2.91. The van der Waals surface area contributed by atoms with E-state index >= 15 is 0 Å². The van der Waals surface area contributed by atoms with Crippen LogP contribution in [0.3, 0.4) is 0 Å². The third-order valence-corrected chi connectivity index (χ3v) is 6.06. The number of methoxy groups -OCH3 is 1. The van der Waals surface area contributed by atoms with Crippen LogP contribution < -0.4 is 19.7 Å². The second kappa shape index (κ2) is 9.06. The van der Waals surface area contributed by atoms with E-state index in [9.17, 15) is 18.0 Å². The van der Waals surface area contributed by atoms with Crippen LogP contribution in [0.2, 0.25) is 0 Å². The summed E-state index contributed by atoms with van der Waals surface area (Å²) in [4.78, 5) is 25.8. The summed E-state index contributed by atoms with van der Waals surface area (Å²) in [6.45, 7) is 0.889. The van der Waals surface area contributed by atoms with E-state index in [0.29, 0.717) is 24.3 Å². The summed E-state index contributed by atoms with van der Waals surface area (Å²) in [5, 5.41) is 2.67. The van der Waals surface area contributed by atoms with Crippen molar-refractivity contribution in [3.05, 3.63) is 54.1 Å². The SMILES string of the molecule is COc1ccc(S(=O)(=O)NCCNC(=O)c2ccc(N3CCCC3=O)cc2)cc1. The Morgan fingerprint density at radius 1 is 1.07 bits per heavy atom. The first-order valence-corrected chi connectivity index (χ1v) is 10.7. The highest BCUT2D eigenvalue weighted by atomic mass is 32.2. The molecule has 1 aliphatic heterocycles. The fourth-order valence-electron chi connectivity index (χ4n) is 3.02. The zero-order valence-corrected chi connectivity index (χ0v) is 16.9. The van der Waals surface area contributed by atoms with Crippen molar-refractivity contribution < 1.29 is 22.7 Å². The number of hydrogen-bond acceptors (Lipinski definition) is 5. The van der Waals surface area contributed by atoms with Crippen LogP contribution in [0.15, 0.2) is 53.4 Å². The van der Waals surface area contributed by atoms with E-state index in [1.807, 2.05) is 0 Å². The van der Waals surface area contributed by atoms with Gasteiger partial charge in [0.1, 0.15) is 5.75 Å². The second-order valence-electron chi connectivity index (χ2n) is 6.53. The third kappa shape index (κ3) is 5.12. The molecule has 0 aliphatic carbocycles. The number of amides is 2. The Balaban J connectivity index is 1.48. The Kier molecular flexibility index (Phi) is 6.50. The lowest BCUT2D eigenvalue weighted by Crippen LogP contribution is -2.34. The summed E-state index contributed by atoms with van der Waals surface area (Å²) < 4.78 is 31.9. The Morgan fingerprint density at radius 2 is 1.76 bits per heavy atom. The largest absolute Gasteiger partial charge is 0.497 e. The number of hydrogen-bond donors (Lipinski definition) is 2. The molecule has 1 fully saturated rings. The van der Waals surface area contributed by atoms with Crippen LogP contribution in [0, 0.1) is 0 Å². The van der Waals surface area contributed by atoms with Crippen molar-refractivity contribution in [3.8, 4) is 5.75 Å². The van der Waals surface area contributed by atoms with Crippen molar-refractivity contribution in [2.45, 2.75) is 17.7 Å². The minimum atomic E-state index is -3.66. The fourth-order valence-corrected chi connectivity index (χ4v) is 4.05. The van der Waals surface area contributed by atoms with Gasteiger partial charge in [-0.1, -0.05) is 0 Å². The Bertz CT molecular complexity index is 972. The third-order valence-electron chi connectivity index (χ3n) is 4.59. The molecule has 0 atom stereocenters. The van der Waals surface area contributed by atoms with Crippen molar-refractivity contribution in [3.63, 3.8) is 0 Å². The van der Waals surface area contributed by atoms with Crippen LogP contribution in [-0.4, -0.2) is 47.0 Å². The number of carbonyl (C=O) groups is 2. The molecule has 2 aromatic carbocycles. The summed E-state index contributed by atoms with van der Waals surface area (Å²) in [7, 11) is -2.16. The van der Waals surface area contributed by atoms with Gasteiger partial charge in [-0.15, -0.1) is 0 Å². The Morgan fingerprint density at radius 3 is 2.34 bits per heavy atom. The molecule has 0 bridgehead atoms. The summed E-state index contributed by atoms with van der Waals surface area (Å²) >= 11 is 0. The van der Waals surface area contributed by atoms with Gasteiger partial charge in [0.2, 0.25) is 15.9 Å². The van der Waals surface area contributed by atoms with E-state index in [1.54, 1.807) is 41.3 Å². The van der Waals surface area contributed by atoms with E-state index < -0.39 is 10.0 Å². The molecule has 2 aromatic rings. The zero-order chi connectivity index (χ0) is 20.9. The number of anilines is 1. The molecule has 0 spiro atoms. The molecule has 0 radical (unpaired) electrons. The molecule has 3 rings (SSSR count). The number of nitrogens with zero attached hydrogens (tertiary/aromatic N) is 1. The van der Waals surface area contributed by atoms with Gasteiger partial charge in [0, 0.05) is 37.3 Å². The van der Waals surface area contributed by atoms with Crippen molar-refractivity contribution in [2.75, 3.05) is 31.6 Å². The van der Waals surface area contributed by atoms with Gasteiger partial charge < -0.3 is 15.0 Å². The molecule has 2 amide bonds. The lowest BCUT2D eigenvalue weighted by molar-refractivity contribution is -0.117. The van der Waals surface area contributed by atoms with E-state index in [4.69, 9.17) is 4.74 Å². The number of carbonyl (C=O) groups excluding carboxylic acids is 2. The van der Waals surface area contributed by atoms with Crippen LogP contribution in [0.4, 0.5) is 5.69 Å². The van der Waals surface area contributed by atoms with Gasteiger partial charge >= 0.3 is 0 Å². The van der Waals surface area contributed by atoms with Crippen LogP contribution in [0.5, 0.6) is 5.75 Å². The summed E-state index contributed by atoms with van der Waals surface area (Å²) in [5.74, 6) is 0.343. The quantitative estimate of drug-likeness (QED) is 0.634. The average Bonchev–Trinajstić information content (AvgIpc) is 3.17. The zero-order valence-electron chi connectivity index (χ0n) is 16.1. The highest BCUT2D eigenvalue weighted by molar-refractivity contribution is 7.89. The number of ether oxygens (including phenoxy) is 1. The van der Waals surface area contributed by atoms with Crippen LogP contribution in [0.25, 0.3) is 0 Å². The molecule has 1 saturated heterocycles. The van der Waals surface area contributed by atoms with Gasteiger partial charge in [0.05, 0.1) is 12.0 Å². The molecule has 0 unspecified atom stereocenters. The summed E-state index contributed by atoms with van der Waals surface area (Å²) in [6.07, 6.45) is 1.39. The first-order valence-electron chi connectivity index (χ1n) is 9.23. The van der Waals surface area contributed by atoms with Crippen LogP contribution in [0.1, 0.15) is 23.2 Å². The average molecular weight is 417 g/mol. The molecule has 9 heteroatoms. The normalized spacial score (nSPS) is 14.1. The lowest BCUT2D eigenvalue weighted by atomic mass is 10.2. The van der Waals surface area contributed by atoms with Gasteiger partial charge in [0.15, 0.2) is 0 Å². The second-order valence-corrected chi connectivity index (χ2v) is 8.29. The standard InChI is InChI=1S/C20H23N3O5S/c1-28-17-8-10-18(11-9-17)29(26,27)22-13-12-21-20(25)15-4-6-16(7-5-15)23-14-2-3-19(23)24/h4-11,22H,2-3,12-14H2,1H3,(H,21,25). The van der Waals surface area contributed by atoms with Crippen molar-refractivity contribution >= 4 is 27.5 Å². The minimum Gasteiger partial charge on any atom is -0.497 e. The maximum atomic E-state index is 12.2. The van der Waals surface area contributed by atoms with E-state index in [-0.39, 0.29) is 29.8 Å². The summed E-state index contributed by atoms with van der Waals surface area (Å²) in [6, 6.07) is 12.8. The highest BCUT2D eigenvalue weighted by Gasteiger charge is 2.21. The number of nitrogens with one attached hydrogen (secondary N) is 2. The lowest BCUT2D eigenvalue weighted by Gasteiger charge is -2.15. The van der Waals surface area contributed by atoms with E-state index in [2.05, 4.69) is 10.0 Å². The van der Waals surface area contributed by atoms with Crippen molar-refractivity contribution in [1.82, 2.24) is 10.0 Å². The number of rotatable bonds is 8. The number of benzene rings is 2. The van der Waals surface area contributed by atoms with Crippen LogP contribution >= 0.6 is 0 Å². The molecular weight excluding hydrogens is 394 g/mol. The van der Waals surface area contributed by atoms with Crippen LogP contribution in [-0.2, 0) is 14.8 Å². The van der Waals surface area contributed by atoms with Crippen molar-refractivity contribution in [1.29, 1.82) is 0 Å². The van der Waals surface area contributed by atoms with Gasteiger partial charge in [-0.3, -0.25) is 9.59 Å². The van der Waals surface area contributed by atoms with Gasteiger partial charge in [0.25, 0.3) is 5.91 Å². The minimum absolute atomic E-state index is 0.0560. The molecule has 8 nitrogen and oxygen atoms in total. The number of sulfonamides is 1. The summed E-state index contributed by atoms with van der Waals surface area (Å²) in [5.41, 5.74) is 1.22. The molecule has 2 N–H and O–H groups in total. The molecule has 154 valence electrons. The maximum absolute atomic E-state index is 12.2.